The van der Waals surface area contributed by atoms with Crippen molar-refractivity contribution >= 4 is 21.8 Å². The first-order valence-corrected chi connectivity index (χ1v) is 17.1. The molecule has 0 spiro atoms. The Balaban J connectivity index is 0.00000387. The normalized spacial score (nSPS) is 11.1. The van der Waals surface area contributed by atoms with E-state index in [1.54, 1.807) is 6.07 Å². The van der Waals surface area contributed by atoms with E-state index in [0.717, 1.165) is 61.5 Å². The minimum absolute atomic E-state index is 0. The van der Waals surface area contributed by atoms with Gasteiger partial charge in [0.1, 0.15) is 5.75 Å². The summed E-state index contributed by atoms with van der Waals surface area (Å²) >= 11 is 0. The molecule has 5 heteroatoms. The molecule has 6 aromatic carbocycles. The van der Waals surface area contributed by atoms with Gasteiger partial charge in [-0.2, -0.15) is 0 Å². The molecular weight excluding hydrogens is 818 g/mol. The molecule has 252 valence electrons. The van der Waals surface area contributed by atoms with Gasteiger partial charge in [-0.05, 0) is 66.1 Å². The Kier molecular flexibility index (Phi) is 8.84. The van der Waals surface area contributed by atoms with Gasteiger partial charge in [-0.25, -0.2) is 0 Å². The molecule has 0 unspecified atom stereocenters. The average molecular weight is 850 g/mol. The molecule has 3 heterocycles. The Morgan fingerprint density at radius 1 is 0.538 bits per heavy atom. The van der Waals surface area contributed by atoms with Crippen LogP contribution in [0.25, 0.3) is 83.5 Å². The molecule has 3 aromatic heterocycles. The maximum absolute atomic E-state index is 10.9. The second-order valence-electron chi connectivity index (χ2n) is 12.8. The number of phenols is 1. The number of phenolic OH excluding ortho intramolecular Hbond substituents is 1. The van der Waals surface area contributed by atoms with Crippen molar-refractivity contribution < 1.29 is 26.2 Å². The van der Waals surface area contributed by atoms with Crippen molar-refractivity contribution in [2.75, 3.05) is 0 Å². The number of aromatic hydroxyl groups is 1. The molecule has 0 fully saturated rings. The fourth-order valence-corrected chi connectivity index (χ4v) is 7.07. The first-order valence-electron chi connectivity index (χ1n) is 17.1. The molecule has 0 radical (unpaired) electrons. The number of benzene rings is 6. The van der Waals surface area contributed by atoms with Gasteiger partial charge in [0.15, 0.2) is 0 Å². The molecule has 4 nitrogen and oxygen atoms in total. The third-order valence-electron chi connectivity index (χ3n) is 9.49. The van der Waals surface area contributed by atoms with Crippen molar-refractivity contribution in [2.24, 2.45) is 0 Å². The van der Waals surface area contributed by atoms with Crippen LogP contribution < -0.4 is 0 Å². The van der Waals surface area contributed by atoms with Gasteiger partial charge < -0.3 is 9.67 Å². The van der Waals surface area contributed by atoms with Crippen molar-refractivity contribution in [1.29, 1.82) is 0 Å². The molecule has 0 atom stereocenters. The Morgan fingerprint density at radius 3 is 2.04 bits per heavy atom. The summed E-state index contributed by atoms with van der Waals surface area (Å²) in [4.78, 5) is 9.91. The van der Waals surface area contributed by atoms with Crippen molar-refractivity contribution in [3.8, 4) is 67.5 Å². The van der Waals surface area contributed by atoms with Crippen LogP contribution in [0.4, 0.5) is 0 Å². The molecule has 0 saturated heterocycles. The minimum Gasteiger partial charge on any atom is -0.507 e. The summed E-state index contributed by atoms with van der Waals surface area (Å²) in [5.41, 5.74) is 13.5. The van der Waals surface area contributed by atoms with Crippen LogP contribution in [0.2, 0.25) is 0 Å². The number of hydrogen-bond donors (Lipinski definition) is 1. The monoisotopic (exact) mass is 849 g/mol. The average Bonchev–Trinajstić information content (AvgIpc) is 3.54. The Morgan fingerprint density at radius 2 is 1.21 bits per heavy atom. The topological polar surface area (TPSA) is 50.9 Å². The van der Waals surface area contributed by atoms with Gasteiger partial charge in [-0.1, -0.05) is 120 Å². The van der Waals surface area contributed by atoms with E-state index >= 15 is 0 Å². The molecule has 9 rings (SSSR count). The minimum atomic E-state index is 0. The van der Waals surface area contributed by atoms with E-state index in [1.165, 1.54) is 16.3 Å². The van der Waals surface area contributed by atoms with Crippen LogP contribution in [-0.2, 0) is 21.1 Å². The number of rotatable bonds is 6. The molecular formula is C47H32N3OPt-. The van der Waals surface area contributed by atoms with Crippen molar-refractivity contribution in [2.45, 2.75) is 6.92 Å². The summed E-state index contributed by atoms with van der Waals surface area (Å²) in [5, 5.41) is 13.3. The van der Waals surface area contributed by atoms with Crippen molar-refractivity contribution in [3.63, 3.8) is 0 Å². The van der Waals surface area contributed by atoms with Crippen molar-refractivity contribution in [1.82, 2.24) is 14.5 Å². The van der Waals surface area contributed by atoms with E-state index in [1.807, 2.05) is 67.7 Å². The maximum Gasteiger partial charge on any atom is 0.124 e. The Labute approximate surface area is 317 Å². The molecule has 0 amide bonds. The zero-order valence-corrected chi connectivity index (χ0v) is 30.5. The first kappa shape index (κ1) is 33.1. The van der Waals surface area contributed by atoms with Crippen LogP contribution in [0.3, 0.4) is 0 Å². The van der Waals surface area contributed by atoms with Crippen LogP contribution in [-0.4, -0.2) is 19.6 Å². The number of nitrogens with zero attached hydrogens (tertiary/aromatic N) is 3. The van der Waals surface area contributed by atoms with Crippen LogP contribution in [0.15, 0.2) is 170 Å². The zero-order valence-electron chi connectivity index (χ0n) is 28.3. The number of para-hydroxylation sites is 3. The van der Waals surface area contributed by atoms with Gasteiger partial charge in [0, 0.05) is 66.2 Å². The second kappa shape index (κ2) is 13.9. The molecule has 0 bridgehead atoms. The van der Waals surface area contributed by atoms with Gasteiger partial charge in [0.2, 0.25) is 0 Å². The van der Waals surface area contributed by atoms with Crippen LogP contribution >= 0.6 is 0 Å². The summed E-state index contributed by atoms with van der Waals surface area (Å²) < 4.78 is 2.36. The van der Waals surface area contributed by atoms with Gasteiger partial charge in [-0.15, -0.1) is 24.3 Å². The van der Waals surface area contributed by atoms with E-state index < -0.39 is 0 Å². The molecule has 52 heavy (non-hydrogen) atoms. The molecule has 0 aliphatic carbocycles. The van der Waals surface area contributed by atoms with Gasteiger partial charge in [-0.3, -0.25) is 9.97 Å². The molecule has 1 N–H and O–H groups in total. The number of hydrogen-bond acceptors (Lipinski definition) is 3. The van der Waals surface area contributed by atoms with Crippen molar-refractivity contribution in [3.05, 3.63) is 182 Å². The van der Waals surface area contributed by atoms with Crippen LogP contribution in [0, 0.1) is 13.0 Å². The first-order chi connectivity index (χ1) is 25.1. The smallest absolute Gasteiger partial charge is 0.124 e. The third-order valence-corrected chi connectivity index (χ3v) is 9.49. The number of aryl methyl sites for hydroxylation is 1. The summed E-state index contributed by atoms with van der Waals surface area (Å²) in [7, 11) is 0. The van der Waals surface area contributed by atoms with E-state index in [2.05, 4.69) is 114 Å². The summed E-state index contributed by atoms with van der Waals surface area (Å²) in [6, 6.07) is 59.7. The largest absolute Gasteiger partial charge is 0.507 e. The molecule has 0 aliphatic heterocycles. The molecule has 0 aliphatic rings. The fraction of sp³-hybridized carbons (Fsp3) is 0.0213. The third kappa shape index (κ3) is 6.02. The quantitative estimate of drug-likeness (QED) is 0.170. The number of pyridine rings is 2. The summed E-state index contributed by atoms with van der Waals surface area (Å²) in [6.07, 6.45) is 1.88. The van der Waals surface area contributed by atoms with Crippen LogP contribution in [0.5, 0.6) is 5.75 Å². The standard InChI is InChI=1S/C47H32N3O.Pt/c1-31-22-23-46(51)41(26-31)44-30-36(32-12-4-2-5-13-32)29-43(49-44)35-15-10-14-34(27-35)42-28-33(24-25-48-42)38-19-11-20-40-39-18-8-9-21-45(39)50(47(38)40)37-16-6-3-7-17-37;/h2-26,28-30,51H,1H3;/q-1;. The number of fused-ring (bicyclic) bond motifs is 3. The summed E-state index contributed by atoms with van der Waals surface area (Å²) in [6.45, 7) is 2.02. The van der Waals surface area contributed by atoms with E-state index in [9.17, 15) is 5.11 Å². The van der Waals surface area contributed by atoms with E-state index in [4.69, 9.17) is 9.97 Å². The predicted molar refractivity (Wildman–Crippen MR) is 209 cm³/mol. The maximum atomic E-state index is 10.9. The zero-order chi connectivity index (χ0) is 34.3. The van der Waals surface area contributed by atoms with Gasteiger partial charge >= 0.3 is 0 Å². The van der Waals surface area contributed by atoms with E-state index in [-0.39, 0.29) is 26.8 Å². The SMILES string of the molecule is Cc1ccc(O)c(-c2cc(-c3ccccc3)cc(-c3[c-]c(-c4cc(-c5cccc6c7ccccc7n(-c7ccccc7)c56)ccn4)ccc3)n2)c1.[Pt]. The fourth-order valence-electron chi connectivity index (χ4n) is 7.07. The van der Waals surface area contributed by atoms with Gasteiger partial charge in [0.25, 0.3) is 0 Å². The van der Waals surface area contributed by atoms with Gasteiger partial charge in [0.05, 0.1) is 16.7 Å². The van der Waals surface area contributed by atoms with Crippen LogP contribution in [0.1, 0.15) is 5.56 Å². The molecule has 9 aromatic rings. The Hall–Kier alpha value is -6.09. The van der Waals surface area contributed by atoms with E-state index in [0.29, 0.717) is 11.3 Å². The number of aromatic nitrogens is 3. The Bertz CT molecular complexity index is 2720. The molecule has 0 saturated carbocycles. The summed E-state index contributed by atoms with van der Waals surface area (Å²) in [5.74, 6) is 0.198. The predicted octanol–water partition coefficient (Wildman–Crippen LogP) is 11.7. The second-order valence-corrected chi connectivity index (χ2v) is 12.8.